The molecule has 1 aromatic heterocycles. The predicted octanol–water partition coefficient (Wildman–Crippen LogP) is 3.94. The fourth-order valence-electron chi connectivity index (χ4n) is 1.35. The highest BCUT2D eigenvalue weighted by molar-refractivity contribution is 9.09. The number of hydrogen-bond donors (Lipinski definition) is 0. The first-order valence-corrected chi connectivity index (χ1v) is 5.43. The van der Waals surface area contributed by atoms with Gasteiger partial charge in [0, 0.05) is 16.0 Å². The highest BCUT2D eigenvalue weighted by Crippen LogP contribution is 2.27. The van der Waals surface area contributed by atoms with E-state index in [2.05, 4.69) is 20.9 Å². The van der Waals surface area contributed by atoms with Gasteiger partial charge >= 0.3 is 0 Å². The molecule has 1 heterocycles. The maximum absolute atomic E-state index is 13.6. The van der Waals surface area contributed by atoms with Crippen LogP contribution in [0.15, 0.2) is 35.1 Å². The molecule has 1 atom stereocenters. The van der Waals surface area contributed by atoms with E-state index in [9.17, 15) is 4.39 Å². The second kappa shape index (κ2) is 4.14. The van der Waals surface area contributed by atoms with Gasteiger partial charge in [-0.15, -0.1) is 0 Å². The Morgan fingerprint density at radius 1 is 1.47 bits per heavy atom. The lowest BCUT2D eigenvalue weighted by Crippen LogP contribution is -1.91. The zero-order valence-corrected chi connectivity index (χ0v) is 9.66. The molecule has 0 radical (unpaired) electrons. The Labute approximate surface area is 95.3 Å². The van der Waals surface area contributed by atoms with Crippen LogP contribution >= 0.6 is 15.9 Å². The third-order valence-corrected chi connectivity index (χ3v) is 2.60. The fourth-order valence-corrected chi connectivity index (χ4v) is 1.72. The summed E-state index contributed by atoms with van der Waals surface area (Å²) in [4.78, 5) is 3.95. The van der Waals surface area contributed by atoms with Crippen LogP contribution in [-0.2, 0) is 0 Å². The number of benzene rings is 1. The summed E-state index contributed by atoms with van der Waals surface area (Å²) in [6.07, 6.45) is 3.00. The van der Waals surface area contributed by atoms with Crippen molar-refractivity contribution in [3.8, 4) is 11.5 Å². The van der Waals surface area contributed by atoms with E-state index in [0.717, 1.165) is 0 Å². The molecule has 0 amide bonds. The molecule has 2 nitrogen and oxygen atoms in total. The van der Waals surface area contributed by atoms with Gasteiger partial charge < -0.3 is 4.42 Å². The maximum Gasteiger partial charge on any atom is 0.225 e. The number of rotatable bonds is 2. The van der Waals surface area contributed by atoms with Gasteiger partial charge in [0.2, 0.25) is 5.89 Å². The van der Waals surface area contributed by atoms with Crippen molar-refractivity contribution in [2.24, 2.45) is 0 Å². The molecule has 1 aromatic carbocycles. The van der Waals surface area contributed by atoms with E-state index in [0.29, 0.717) is 17.0 Å². The molecule has 0 N–H and O–H groups in total. The lowest BCUT2D eigenvalue weighted by molar-refractivity contribution is 0.571. The minimum Gasteiger partial charge on any atom is -0.445 e. The summed E-state index contributed by atoms with van der Waals surface area (Å²) >= 11 is 3.33. The van der Waals surface area contributed by atoms with Gasteiger partial charge in [-0.2, -0.15) is 0 Å². The Morgan fingerprint density at radius 2 is 2.27 bits per heavy atom. The number of alkyl halides is 1. The van der Waals surface area contributed by atoms with E-state index >= 15 is 0 Å². The first-order valence-electron chi connectivity index (χ1n) is 4.52. The standard InChI is InChI=1S/C11H9BrFNO/c1-7(12)9-3-2-8(6-10(9)13)11-14-4-5-15-11/h2-7H,1H3. The lowest BCUT2D eigenvalue weighted by atomic mass is 10.1. The Balaban J connectivity index is 2.42. The quantitative estimate of drug-likeness (QED) is 0.772. The van der Waals surface area contributed by atoms with E-state index in [1.54, 1.807) is 12.1 Å². The number of halogens is 2. The third-order valence-electron chi connectivity index (χ3n) is 2.11. The summed E-state index contributed by atoms with van der Waals surface area (Å²) in [6.45, 7) is 1.88. The van der Waals surface area contributed by atoms with Gasteiger partial charge in [0.25, 0.3) is 0 Å². The average molecular weight is 270 g/mol. The second-order valence-electron chi connectivity index (χ2n) is 3.19. The van der Waals surface area contributed by atoms with Gasteiger partial charge in [-0.25, -0.2) is 9.37 Å². The van der Waals surface area contributed by atoms with Crippen LogP contribution in [0.1, 0.15) is 17.3 Å². The zero-order valence-electron chi connectivity index (χ0n) is 8.08. The number of nitrogens with zero attached hydrogens (tertiary/aromatic N) is 1. The van der Waals surface area contributed by atoms with Crippen molar-refractivity contribution in [1.29, 1.82) is 0 Å². The topological polar surface area (TPSA) is 26.0 Å². The minimum atomic E-state index is -0.255. The Bertz CT molecular complexity index is 454. The van der Waals surface area contributed by atoms with E-state index in [4.69, 9.17) is 4.42 Å². The van der Waals surface area contributed by atoms with Crippen LogP contribution in [0.2, 0.25) is 0 Å². The summed E-state index contributed by atoms with van der Waals surface area (Å²) in [5.41, 5.74) is 1.28. The molecule has 0 saturated carbocycles. The fraction of sp³-hybridized carbons (Fsp3) is 0.182. The molecule has 0 aliphatic carbocycles. The third kappa shape index (κ3) is 2.09. The van der Waals surface area contributed by atoms with Crippen LogP contribution in [0.3, 0.4) is 0 Å². The van der Waals surface area contributed by atoms with Crippen molar-refractivity contribution < 1.29 is 8.81 Å². The highest BCUT2D eigenvalue weighted by atomic mass is 79.9. The predicted molar refractivity (Wildman–Crippen MR) is 59.2 cm³/mol. The summed E-state index contributed by atoms with van der Waals surface area (Å²) in [7, 11) is 0. The van der Waals surface area contributed by atoms with Crippen LogP contribution < -0.4 is 0 Å². The van der Waals surface area contributed by atoms with Gasteiger partial charge in [0.15, 0.2) is 0 Å². The molecule has 4 heteroatoms. The van der Waals surface area contributed by atoms with Gasteiger partial charge in [0.1, 0.15) is 12.1 Å². The molecule has 15 heavy (non-hydrogen) atoms. The zero-order chi connectivity index (χ0) is 10.8. The molecule has 2 rings (SSSR count). The Hall–Kier alpha value is -1.16. The molecule has 2 aromatic rings. The second-order valence-corrected chi connectivity index (χ2v) is 4.56. The summed E-state index contributed by atoms with van der Waals surface area (Å²) < 4.78 is 18.7. The lowest BCUT2D eigenvalue weighted by Gasteiger charge is -2.05. The molecule has 78 valence electrons. The van der Waals surface area contributed by atoms with Gasteiger partial charge in [-0.05, 0) is 19.1 Å². The number of oxazole rings is 1. The maximum atomic E-state index is 13.6. The van der Waals surface area contributed by atoms with Crippen molar-refractivity contribution in [2.45, 2.75) is 11.8 Å². The van der Waals surface area contributed by atoms with Crippen molar-refractivity contribution in [2.75, 3.05) is 0 Å². The largest absolute Gasteiger partial charge is 0.445 e. The van der Waals surface area contributed by atoms with E-state index < -0.39 is 0 Å². The van der Waals surface area contributed by atoms with Crippen LogP contribution in [0.5, 0.6) is 0 Å². The first-order chi connectivity index (χ1) is 7.18. The van der Waals surface area contributed by atoms with E-state index in [1.807, 2.05) is 6.92 Å². The smallest absolute Gasteiger partial charge is 0.225 e. The van der Waals surface area contributed by atoms with Crippen LogP contribution in [0.25, 0.3) is 11.5 Å². The molecule has 0 fully saturated rings. The van der Waals surface area contributed by atoms with Crippen molar-refractivity contribution in [3.63, 3.8) is 0 Å². The molecule has 0 aliphatic heterocycles. The molecule has 0 aliphatic rings. The van der Waals surface area contributed by atoms with Crippen LogP contribution in [0, 0.1) is 5.82 Å². The van der Waals surface area contributed by atoms with Gasteiger partial charge in [0.05, 0.1) is 6.20 Å². The van der Waals surface area contributed by atoms with Crippen molar-refractivity contribution in [1.82, 2.24) is 4.98 Å². The molecule has 0 bridgehead atoms. The molecule has 0 spiro atoms. The molecular formula is C11H9BrFNO. The highest BCUT2D eigenvalue weighted by Gasteiger charge is 2.10. The van der Waals surface area contributed by atoms with Crippen molar-refractivity contribution in [3.05, 3.63) is 42.0 Å². The number of aromatic nitrogens is 1. The van der Waals surface area contributed by atoms with Gasteiger partial charge in [-0.1, -0.05) is 22.0 Å². The van der Waals surface area contributed by atoms with Crippen LogP contribution in [-0.4, -0.2) is 4.98 Å². The van der Waals surface area contributed by atoms with Gasteiger partial charge in [-0.3, -0.25) is 0 Å². The first kappa shape index (κ1) is 10.4. The van der Waals surface area contributed by atoms with E-state index in [-0.39, 0.29) is 10.6 Å². The normalized spacial score (nSPS) is 12.7. The molecule has 1 unspecified atom stereocenters. The van der Waals surface area contributed by atoms with Crippen molar-refractivity contribution >= 4 is 15.9 Å². The average Bonchev–Trinajstić information content (AvgIpc) is 2.69. The van der Waals surface area contributed by atoms with E-state index in [1.165, 1.54) is 18.5 Å². The summed E-state index contributed by atoms with van der Waals surface area (Å²) in [5.74, 6) is 0.178. The van der Waals surface area contributed by atoms with Crippen LogP contribution in [0.4, 0.5) is 4.39 Å². The molecule has 0 saturated heterocycles. The number of hydrogen-bond acceptors (Lipinski definition) is 2. The SMILES string of the molecule is CC(Br)c1ccc(-c2ncco2)cc1F. The summed E-state index contributed by atoms with van der Waals surface area (Å²) in [6, 6.07) is 4.95. The minimum absolute atomic E-state index is 0.00360. The molecular weight excluding hydrogens is 261 g/mol. The Morgan fingerprint density at radius 3 is 2.80 bits per heavy atom. The monoisotopic (exact) mass is 269 g/mol. The Kier molecular flexibility index (Phi) is 2.86. The summed E-state index contributed by atoms with van der Waals surface area (Å²) in [5, 5.41) is 0.